The van der Waals surface area contributed by atoms with Crippen LogP contribution in [0.25, 0.3) is 0 Å². The molecule has 84 valence electrons. The zero-order valence-corrected chi connectivity index (χ0v) is 9.82. The van der Waals surface area contributed by atoms with Crippen LogP contribution in [0.15, 0.2) is 34.9 Å². The predicted octanol–water partition coefficient (Wildman–Crippen LogP) is 3.46. The van der Waals surface area contributed by atoms with Gasteiger partial charge in [0.2, 0.25) is 0 Å². The second kappa shape index (κ2) is 4.39. The maximum absolute atomic E-state index is 5.57. The fraction of sp³-hybridized carbons (Fsp3) is 0.308. The number of hydrogen-bond acceptors (Lipinski definition) is 3. The summed E-state index contributed by atoms with van der Waals surface area (Å²) in [7, 11) is 0. The van der Waals surface area contributed by atoms with Crippen molar-refractivity contribution in [3.8, 4) is 0 Å². The van der Waals surface area contributed by atoms with Crippen LogP contribution in [0.3, 0.4) is 0 Å². The standard InChI is InChI=1S/C13H16N2O/c1-9-5-4-8-14-13(9)15-11(3)12-7-6-10(2)16-12/h4-8,11H,1-3H3,(H,14,15). The summed E-state index contributed by atoms with van der Waals surface area (Å²) >= 11 is 0. The molecule has 0 fully saturated rings. The summed E-state index contributed by atoms with van der Waals surface area (Å²) in [5, 5.41) is 3.33. The minimum atomic E-state index is 0.127. The van der Waals surface area contributed by atoms with Crippen LogP contribution >= 0.6 is 0 Å². The monoisotopic (exact) mass is 216 g/mol. The molecule has 3 heteroatoms. The smallest absolute Gasteiger partial charge is 0.129 e. The topological polar surface area (TPSA) is 38.1 Å². The largest absolute Gasteiger partial charge is 0.464 e. The van der Waals surface area contributed by atoms with Crippen LogP contribution in [0, 0.1) is 13.8 Å². The number of nitrogens with one attached hydrogen (secondary N) is 1. The Hall–Kier alpha value is -1.77. The molecule has 1 unspecified atom stereocenters. The van der Waals surface area contributed by atoms with Crippen molar-refractivity contribution >= 4 is 5.82 Å². The minimum absolute atomic E-state index is 0.127. The fourth-order valence-electron chi connectivity index (χ4n) is 1.60. The summed E-state index contributed by atoms with van der Waals surface area (Å²) in [5.74, 6) is 2.77. The van der Waals surface area contributed by atoms with Gasteiger partial charge in [0.25, 0.3) is 0 Å². The van der Waals surface area contributed by atoms with Gasteiger partial charge in [-0.05, 0) is 44.5 Å². The van der Waals surface area contributed by atoms with E-state index in [0.29, 0.717) is 0 Å². The van der Waals surface area contributed by atoms with E-state index < -0.39 is 0 Å². The molecule has 0 saturated carbocycles. The minimum Gasteiger partial charge on any atom is -0.464 e. The molecule has 0 aliphatic carbocycles. The maximum Gasteiger partial charge on any atom is 0.129 e. The third kappa shape index (κ3) is 2.24. The molecule has 2 aromatic heterocycles. The molecular weight excluding hydrogens is 200 g/mol. The quantitative estimate of drug-likeness (QED) is 0.853. The van der Waals surface area contributed by atoms with Gasteiger partial charge in [-0.2, -0.15) is 0 Å². The van der Waals surface area contributed by atoms with Gasteiger partial charge >= 0.3 is 0 Å². The molecule has 0 bridgehead atoms. The van der Waals surface area contributed by atoms with Crippen molar-refractivity contribution in [2.75, 3.05) is 5.32 Å². The lowest BCUT2D eigenvalue weighted by Gasteiger charge is -2.13. The van der Waals surface area contributed by atoms with Crippen LogP contribution in [0.1, 0.15) is 30.0 Å². The van der Waals surface area contributed by atoms with Crippen LogP contribution in [-0.4, -0.2) is 4.98 Å². The summed E-state index contributed by atoms with van der Waals surface area (Å²) < 4.78 is 5.57. The molecular formula is C13H16N2O. The van der Waals surface area contributed by atoms with E-state index in [1.54, 1.807) is 6.20 Å². The van der Waals surface area contributed by atoms with E-state index in [1.807, 2.05) is 38.1 Å². The molecule has 0 amide bonds. The lowest BCUT2D eigenvalue weighted by molar-refractivity contribution is 0.466. The molecule has 2 heterocycles. The third-order valence-corrected chi connectivity index (χ3v) is 2.55. The lowest BCUT2D eigenvalue weighted by atomic mass is 10.2. The number of aromatic nitrogens is 1. The zero-order chi connectivity index (χ0) is 11.5. The highest BCUT2D eigenvalue weighted by atomic mass is 16.3. The number of pyridine rings is 1. The van der Waals surface area contributed by atoms with E-state index >= 15 is 0 Å². The molecule has 0 spiro atoms. The summed E-state index contributed by atoms with van der Waals surface area (Å²) in [4.78, 5) is 4.30. The van der Waals surface area contributed by atoms with Gasteiger partial charge < -0.3 is 9.73 Å². The van der Waals surface area contributed by atoms with Gasteiger partial charge in [-0.15, -0.1) is 0 Å². The Bertz CT molecular complexity index is 476. The van der Waals surface area contributed by atoms with E-state index in [-0.39, 0.29) is 6.04 Å². The Morgan fingerprint density at radius 2 is 2.06 bits per heavy atom. The first kappa shape index (κ1) is 10.7. The van der Waals surface area contributed by atoms with Gasteiger partial charge in [-0.1, -0.05) is 6.07 Å². The van der Waals surface area contributed by atoms with Crippen molar-refractivity contribution in [1.82, 2.24) is 4.98 Å². The van der Waals surface area contributed by atoms with E-state index in [0.717, 1.165) is 22.9 Å². The molecule has 0 radical (unpaired) electrons. The number of anilines is 1. The average Bonchev–Trinajstić information content (AvgIpc) is 2.68. The zero-order valence-electron chi connectivity index (χ0n) is 9.82. The Kier molecular flexibility index (Phi) is 2.95. The molecule has 0 aromatic carbocycles. The highest BCUT2D eigenvalue weighted by Gasteiger charge is 2.10. The van der Waals surface area contributed by atoms with E-state index in [4.69, 9.17) is 4.42 Å². The molecule has 1 atom stereocenters. The number of nitrogens with zero attached hydrogens (tertiary/aromatic N) is 1. The Balaban J connectivity index is 2.13. The number of furan rings is 1. The van der Waals surface area contributed by atoms with E-state index in [9.17, 15) is 0 Å². The highest BCUT2D eigenvalue weighted by molar-refractivity contribution is 5.44. The van der Waals surface area contributed by atoms with E-state index in [1.165, 1.54) is 0 Å². The summed E-state index contributed by atoms with van der Waals surface area (Å²) in [6, 6.07) is 8.06. The summed E-state index contributed by atoms with van der Waals surface area (Å²) in [6.07, 6.45) is 1.79. The second-order valence-electron chi connectivity index (χ2n) is 3.98. The molecule has 0 aliphatic heterocycles. The number of aryl methyl sites for hydroxylation is 2. The Labute approximate surface area is 95.5 Å². The maximum atomic E-state index is 5.57. The fourth-order valence-corrected chi connectivity index (χ4v) is 1.60. The third-order valence-electron chi connectivity index (χ3n) is 2.55. The van der Waals surface area contributed by atoms with Crippen molar-refractivity contribution in [3.63, 3.8) is 0 Å². The van der Waals surface area contributed by atoms with Crippen LogP contribution in [0.5, 0.6) is 0 Å². The SMILES string of the molecule is Cc1ccc(C(C)Nc2ncccc2C)o1. The average molecular weight is 216 g/mol. The van der Waals surface area contributed by atoms with Crippen molar-refractivity contribution in [2.45, 2.75) is 26.8 Å². The van der Waals surface area contributed by atoms with Crippen molar-refractivity contribution < 1.29 is 4.42 Å². The first-order valence-corrected chi connectivity index (χ1v) is 5.41. The Morgan fingerprint density at radius 3 is 2.69 bits per heavy atom. The van der Waals surface area contributed by atoms with Crippen molar-refractivity contribution in [3.05, 3.63) is 47.5 Å². The second-order valence-corrected chi connectivity index (χ2v) is 3.98. The van der Waals surface area contributed by atoms with Crippen molar-refractivity contribution in [2.24, 2.45) is 0 Å². The first-order chi connectivity index (χ1) is 7.66. The van der Waals surface area contributed by atoms with Gasteiger partial charge in [0.1, 0.15) is 17.3 Å². The van der Waals surface area contributed by atoms with Crippen LogP contribution < -0.4 is 5.32 Å². The van der Waals surface area contributed by atoms with Crippen LogP contribution in [-0.2, 0) is 0 Å². The Morgan fingerprint density at radius 1 is 1.25 bits per heavy atom. The van der Waals surface area contributed by atoms with Crippen LogP contribution in [0.2, 0.25) is 0 Å². The lowest BCUT2D eigenvalue weighted by Crippen LogP contribution is -2.08. The van der Waals surface area contributed by atoms with Gasteiger partial charge in [-0.25, -0.2) is 4.98 Å². The summed E-state index contributed by atoms with van der Waals surface area (Å²) in [6.45, 7) is 6.05. The number of rotatable bonds is 3. The summed E-state index contributed by atoms with van der Waals surface area (Å²) in [5.41, 5.74) is 1.14. The molecule has 2 aromatic rings. The molecule has 3 nitrogen and oxygen atoms in total. The van der Waals surface area contributed by atoms with Crippen LogP contribution in [0.4, 0.5) is 5.82 Å². The normalized spacial score (nSPS) is 12.4. The van der Waals surface area contributed by atoms with Crippen molar-refractivity contribution in [1.29, 1.82) is 0 Å². The highest BCUT2D eigenvalue weighted by Crippen LogP contribution is 2.21. The van der Waals surface area contributed by atoms with Gasteiger partial charge in [-0.3, -0.25) is 0 Å². The predicted molar refractivity (Wildman–Crippen MR) is 64.5 cm³/mol. The molecule has 0 saturated heterocycles. The molecule has 1 N–H and O–H groups in total. The molecule has 16 heavy (non-hydrogen) atoms. The van der Waals surface area contributed by atoms with E-state index in [2.05, 4.69) is 17.2 Å². The van der Waals surface area contributed by atoms with Gasteiger partial charge in [0, 0.05) is 6.20 Å². The van der Waals surface area contributed by atoms with Gasteiger partial charge in [0.05, 0.1) is 6.04 Å². The number of hydrogen-bond donors (Lipinski definition) is 1. The molecule has 0 aliphatic rings. The van der Waals surface area contributed by atoms with Gasteiger partial charge in [0.15, 0.2) is 0 Å². The molecule has 2 rings (SSSR count). The first-order valence-electron chi connectivity index (χ1n) is 5.41.